The number of benzene rings is 1. The van der Waals surface area contributed by atoms with Gasteiger partial charge in [0.05, 0.1) is 17.2 Å². The molecular weight excluding hydrogens is 369 g/mol. The number of carbonyl (C=O) groups excluding carboxylic acids is 1. The Bertz CT molecular complexity index is 710. The zero-order valence-corrected chi connectivity index (χ0v) is 18.7. The molecule has 2 fully saturated rings. The lowest BCUT2D eigenvalue weighted by Crippen LogP contribution is -2.44. The summed E-state index contributed by atoms with van der Waals surface area (Å²) in [6.07, 6.45) is 2.34. The third-order valence-corrected chi connectivity index (χ3v) is 5.85. The molecule has 0 spiro atoms. The highest BCUT2D eigenvalue weighted by Crippen LogP contribution is 2.36. The van der Waals surface area contributed by atoms with Crippen LogP contribution in [0.4, 0.5) is 4.79 Å². The maximum Gasteiger partial charge on any atom is 0.494 e. The molecule has 2 atom stereocenters. The van der Waals surface area contributed by atoms with Crippen molar-refractivity contribution < 1.29 is 23.6 Å². The minimum absolute atomic E-state index is 0.0485. The van der Waals surface area contributed by atoms with Crippen LogP contribution in [0, 0.1) is 0 Å². The average molecular weight is 403 g/mol. The minimum Gasteiger partial charge on any atom is -0.488 e. The smallest absolute Gasteiger partial charge is 0.488 e. The highest BCUT2D eigenvalue weighted by atomic mass is 16.7. The van der Waals surface area contributed by atoms with Crippen LogP contribution in [0.15, 0.2) is 24.3 Å². The van der Waals surface area contributed by atoms with Gasteiger partial charge >= 0.3 is 13.2 Å². The van der Waals surface area contributed by atoms with E-state index in [0.29, 0.717) is 0 Å². The van der Waals surface area contributed by atoms with Crippen LogP contribution in [-0.4, -0.2) is 42.2 Å². The summed E-state index contributed by atoms with van der Waals surface area (Å²) in [6.45, 7) is 13.7. The van der Waals surface area contributed by atoms with Crippen molar-refractivity contribution >= 4 is 18.7 Å². The summed E-state index contributed by atoms with van der Waals surface area (Å²) in [7, 11) is -0.387. The van der Waals surface area contributed by atoms with Crippen molar-refractivity contribution in [3.8, 4) is 5.75 Å². The molecule has 160 valence electrons. The Morgan fingerprint density at radius 2 is 1.66 bits per heavy atom. The van der Waals surface area contributed by atoms with Gasteiger partial charge in [0.25, 0.3) is 0 Å². The fraction of sp³-hybridized carbons (Fsp3) is 0.682. The summed E-state index contributed by atoms with van der Waals surface area (Å²) in [5.74, 6) is 0.771. The molecule has 2 aliphatic rings. The monoisotopic (exact) mass is 403 g/mol. The fourth-order valence-corrected chi connectivity index (χ4v) is 3.55. The first-order valence-electron chi connectivity index (χ1n) is 10.5. The van der Waals surface area contributed by atoms with Crippen molar-refractivity contribution in [1.82, 2.24) is 5.32 Å². The summed E-state index contributed by atoms with van der Waals surface area (Å²) in [4.78, 5) is 12.1. The summed E-state index contributed by atoms with van der Waals surface area (Å²) in [6, 6.07) is 7.77. The Labute approximate surface area is 174 Å². The van der Waals surface area contributed by atoms with Gasteiger partial charge in [0.15, 0.2) is 0 Å². The van der Waals surface area contributed by atoms with Gasteiger partial charge in [-0.2, -0.15) is 0 Å². The molecule has 1 aromatic rings. The lowest BCUT2D eigenvalue weighted by atomic mass is 9.79. The predicted octanol–water partition coefficient (Wildman–Crippen LogP) is 3.81. The maximum absolute atomic E-state index is 12.1. The average Bonchev–Trinajstić information content (AvgIpc) is 3.07. The predicted molar refractivity (Wildman–Crippen MR) is 114 cm³/mol. The molecule has 0 bridgehead atoms. The van der Waals surface area contributed by atoms with Crippen LogP contribution in [0.5, 0.6) is 5.75 Å². The van der Waals surface area contributed by atoms with Gasteiger partial charge in [0.2, 0.25) is 0 Å². The van der Waals surface area contributed by atoms with Crippen LogP contribution in [-0.2, 0) is 14.0 Å². The van der Waals surface area contributed by atoms with E-state index in [-0.39, 0.29) is 30.5 Å². The maximum atomic E-state index is 12.1. The van der Waals surface area contributed by atoms with Gasteiger partial charge in [-0.15, -0.1) is 0 Å². The Kier molecular flexibility index (Phi) is 5.94. The van der Waals surface area contributed by atoms with Crippen LogP contribution in [0.1, 0.15) is 67.7 Å². The van der Waals surface area contributed by atoms with E-state index in [2.05, 4.69) is 5.32 Å². The Morgan fingerprint density at radius 3 is 2.21 bits per heavy atom. The first-order chi connectivity index (χ1) is 13.4. The van der Waals surface area contributed by atoms with Crippen LogP contribution in [0.25, 0.3) is 0 Å². The van der Waals surface area contributed by atoms with Crippen molar-refractivity contribution in [2.75, 3.05) is 0 Å². The molecule has 1 N–H and O–H groups in total. The minimum atomic E-state index is -0.512. The van der Waals surface area contributed by atoms with Gasteiger partial charge in [-0.1, -0.05) is 12.1 Å². The van der Waals surface area contributed by atoms with Gasteiger partial charge < -0.3 is 24.1 Å². The molecule has 1 aliphatic heterocycles. The third kappa shape index (κ3) is 5.26. The molecule has 6 nitrogen and oxygen atoms in total. The zero-order valence-electron chi connectivity index (χ0n) is 18.7. The highest BCUT2D eigenvalue weighted by Gasteiger charge is 2.51. The lowest BCUT2D eigenvalue weighted by molar-refractivity contribution is 0.00578. The topological polar surface area (TPSA) is 66.0 Å². The number of amides is 1. The second-order valence-corrected chi connectivity index (χ2v) is 10.00. The number of nitrogens with one attached hydrogen (secondary N) is 1. The third-order valence-electron chi connectivity index (χ3n) is 5.85. The zero-order chi connectivity index (χ0) is 21.4. The van der Waals surface area contributed by atoms with Crippen molar-refractivity contribution in [3.05, 3.63) is 24.3 Å². The van der Waals surface area contributed by atoms with Crippen LogP contribution in [0.2, 0.25) is 0 Å². The molecule has 0 radical (unpaired) electrons. The molecule has 7 heteroatoms. The number of rotatable bonds is 4. The van der Waals surface area contributed by atoms with Gasteiger partial charge in [0, 0.05) is 0 Å². The van der Waals surface area contributed by atoms with Crippen molar-refractivity contribution in [1.29, 1.82) is 0 Å². The summed E-state index contributed by atoms with van der Waals surface area (Å²) < 4.78 is 23.7. The number of carbonyl (C=O) groups is 1. The second kappa shape index (κ2) is 7.84. The summed E-state index contributed by atoms with van der Waals surface area (Å²) in [5.41, 5.74) is -0.275. The normalized spacial score (nSPS) is 25.7. The summed E-state index contributed by atoms with van der Waals surface area (Å²) in [5, 5.41) is 2.95. The van der Waals surface area contributed by atoms with E-state index in [4.69, 9.17) is 18.8 Å². The molecular formula is C22H34BNO5. The number of hydrogen-bond acceptors (Lipinski definition) is 5. The molecule has 1 heterocycles. The van der Waals surface area contributed by atoms with E-state index in [1.54, 1.807) is 0 Å². The van der Waals surface area contributed by atoms with E-state index in [9.17, 15) is 4.79 Å². The van der Waals surface area contributed by atoms with Crippen LogP contribution < -0.4 is 15.5 Å². The molecule has 1 amide bonds. The van der Waals surface area contributed by atoms with Gasteiger partial charge in [-0.05, 0) is 85.3 Å². The Balaban J connectivity index is 1.59. The SMILES string of the molecule is CC(C)(C)OC(=O)N[C@H]1CCC[C@H]1Oc1ccc(B2OC(C)(C)C(C)(C)O2)cc1. The lowest BCUT2D eigenvalue weighted by Gasteiger charge is -2.32. The largest absolute Gasteiger partial charge is 0.494 e. The number of alkyl carbamates (subject to hydrolysis) is 1. The molecule has 1 saturated heterocycles. The molecule has 1 saturated carbocycles. The molecule has 0 aromatic heterocycles. The van der Waals surface area contributed by atoms with Gasteiger partial charge in [-0.25, -0.2) is 4.79 Å². The van der Waals surface area contributed by atoms with Crippen molar-refractivity contribution in [3.63, 3.8) is 0 Å². The van der Waals surface area contributed by atoms with Gasteiger partial charge in [-0.3, -0.25) is 0 Å². The van der Waals surface area contributed by atoms with Crippen LogP contribution in [0.3, 0.4) is 0 Å². The standard InChI is InChI=1S/C22H34BNO5/c1-20(2,3)27-19(25)24-17-9-8-10-18(17)26-16-13-11-15(12-14-16)23-28-21(4,5)22(6,7)29-23/h11-14,17-18H,8-10H2,1-7H3,(H,24,25)/t17-,18+/m0/s1. The van der Waals surface area contributed by atoms with E-state index in [0.717, 1.165) is 30.5 Å². The van der Waals surface area contributed by atoms with Crippen LogP contribution >= 0.6 is 0 Å². The highest BCUT2D eigenvalue weighted by molar-refractivity contribution is 6.62. The van der Waals surface area contributed by atoms with E-state index >= 15 is 0 Å². The van der Waals surface area contributed by atoms with E-state index < -0.39 is 11.7 Å². The Morgan fingerprint density at radius 1 is 1.07 bits per heavy atom. The molecule has 0 unspecified atom stereocenters. The molecule has 1 aromatic carbocycles. The molecule has 29 heavy (non-hydrogen) atoms. The first kappa shape index (κ1) is 22.0. The van der Waals surface area contributed by atoms with E-state index in [1.807, 2.05) is 72.7 Å². The quantitative estimate of drug-likeness (QED) is 0.775. The van der Waals surface area contributed by atoms with Crippen molar-refractivity contribution in [2.24, 2.45) is 0 Å². The second-order valence-electron chi connectivity index (χ2n) is 10.00. The Hall–Kier alpha value is -1.73. The molecule has 3 rings (SSSR count). The summed E-state index contributed by atoms with van der Waals surface area (Å²) >= 11 is 0. The first-order valence-corrected chi connectivity index (χ1v) is 10.5. The molecule has 1 aliphatic carbocycles. The number of ether oxygens (including phenoxy) is 2. The van der Waals surface area contributed by atoms with Crippen molar-refractivity contribution in [2.45, 2.75) is 96.7 Å². The number of hydrogen-bond donors (Lipinski definition) is 1. The fourth-order valence-electron chi connectivity index (χ4n) is 3.55. The van der Waals surface area contributed by atoms with E-state index in [1.165, 1.54) is 0 Å². The van der Waals surface area contributed by atoms with Gasteiger partial charge in [0.1, 0.15) is 17.5 Å².